The van der Waals surface area contributed by atoms with Crippen LogP contribution in [-0.2, 0) is 11.2 Å². The minimum Gasteiger partial charge on any atom is -0.346 e. The topological polar surface area (TPSA) is 20.3 Å². The predicted molar refractivity (Wildman–Crippen MR) is 69.7 cm³/mol. The molecule has 1 aromatic rings. The van der Waals surface area contributed by atoms with Gasteiger partial charge in [0.05, 0.1) is 0 Å². The molecule has 0 atom stereocenters. The number of hydrogen-bond acceptors (Lipinski definition) is 1. The van der Waals surface area contributed by atoms with Crippen LogP contribution in [0.3, 0.4) is 0 Å². The fourth-order valence-electron chi connectivity index (χ4n) is 2.07. The molecule has 0 aliphatic heterocycles. The SMILES string of the molecule is CN(CCCCc1ccccc1)C(=O)C1CC1. The molecule has 1 aliphatic carbocycles. The number of carbonyl (C=O) groups is 1. The van der Waals surface area contributed by atoms with E-state index in [1.165, 1.54) is 5.56 Å². The van der Waals surface area contributed by atoms with Crippen molar-refractivity contribution in [3.8, 4) is 0 Å². The Morgan fingerprint density at radius 3 is 2.59 bits per heavy atom. The molecule has 2 rings (SSSR count). The van der Waals surface area contributed by atoms with Gasteiger partial charge in [-0.2, -0.15) is 0 Å². The molecule has 1 saturated carbocycles. The fraction of sp³-hybridized carbons (Fsp3) is 0.533. The van der Waals surface area contributed by atoms with Crippen molar-refractivity contribution >= 4 is 5.91 Å². The highest BCUT2D eigenvalue weighted by molar-refractivity contribution is 5.80. The summed E-state index contributed by atoms with van der Waals surface area (Å²) in [5.41, 5.74) is 1.39. The van der Waals surface area contributed by atoms with Crippen molar-refractivity contribution in [2.45, 2.75) is 32.1 Å². The molecule has 1 aliphatic rings. The first kappa shape index (κ1) is 12.2. The van der Waals surface area contributed by atoms with Gasteiger partial charge < -0.3 is 4.90 Å². The molecule has 0 radical (unpaired) electrons. The number of unbranched alkanes of at least 4 members (excludes halogenated alkanes) is 1. The molecule has 0 N–H and O–H groups in total. The Hall–Kier alpha value is -1.31. The van der Waals surface area contributed by atoms with Crippen molar-refractivity contribution < 1.29 is 4.79 Å². The molecular formula is C15H21NO. The molecule has 92 valence electrons. The van der Waals surface area contributed by atoms with Gasteiger partial charge in [0.1, 0.15) is 0 Å². The normalized spacial score (nSPS) is 14.6. The first-order valence-electron chi connectivity index (χ1n) is 6.56. The summed E-state index contributed by atoms with van der Waals surface area (Å²) in [5, 5.41) is 0. The van der Waals surface area contributed by atoms with Crippen LogP contribution in [0.5, 0.6) is 0 Å². The van der Waals surface area contributed by atoms with E-state index in [0.29, 0.717) is 11.8 Å². The lowest BCUT2D eigenvalue weighted by Gasteiger charge is -2.16. The van der Waals surface area contributed by atoms with Crippen molar-refractivity contribution in [2.24, 2.45) is 5.92 Å². The number of hydrogen-bond donors (Lipinski definition) is 0. The van der Waals surface area contributed by atoms with Crippen LogP contribution in [-0.4, -0.2) is 24.4 Å². The van der Waals surface area contributed by atoms with E-state index in [9.17, 15) is 4.79 Å². The van der Waals surface area contributed by atoms with Crippen LogP contribution in [0.15, 0.2) is 30.3 Å². The summed E-state index contributed by atoms with van der Waals surface area (Å²) in [4.78, 5) is 13.6. The largest absolute Gasteiger partial charge is 0.346 e. The third-order valence-electron chi connectivity index (χ3n) is 3.35. The Balaban J connectivity index is 1.61. The summed E-state index contributed by atoms with van der Waals surface area (Å²) in [7, 11) is 1.93. The average molecular weight is 231 g/mol. The van der Waals surface area contributed by atoms with E-state index in [4.69, 9.17) is 0 Å². The second kappa shape index (κ2) is 5.85. The summed E-state index contributed by atoms with van der Waals surface area (Å²) < 4.78 is 0. The van der Waals surface area contributed by atoms with Crippen molar-refractivity contribution in [1.82, 2.24) is 4.90 Å². The van der Waals surface area contributed by atoms with E-state index in [-0.39, 0.29) is 0 Å². The molecule has 2 heteroatoms. The quantitative estimate of drug-likeness (QED) is 0.689. The third-order valence-corrected chi connectivity index (χ3v) is 3.35. The molecule has 1 aromatic carbocycles. The lowest BCUT2D eigenvalue weighted by atomic mass is 10.1. The highest BCUT2D eigenvalue weighted by Gasteiger charge is 2.31. The van der Waals surface area contributed by atoms with Gasteiger partial charge in [0, 0.05) is 19.5 Å². The second-order valence-electron chi connectivity index (χ2n) is 4.98. The monoisotopic (exact) mass is 231 g/mol. The van der Waals surface area contributed by atoms with Gasteiger partial charge in [-0.1, -0.05) is 30.3 Å². The Bertz CT molecular complexity index is 356. The zero-order valence-corrected chi connectivity index (χ0v) is 10.6. The Kier molecular flexibility index (Phi) is 4.18. The van der Waals surface area contributed by atoms with Gasteiger partial charge in [-0.15, -0.1) is 0 Å². The second-order valence-corrected chi connectivity index (χ2v) is 4.98. The predicted octanol–water partition coefficient (Wildman–Crippen LogP) is 2.88. The number of nitrogens with zero attached hydrogens (tertiary/aromatic N) is 1. The molecule has 1 amide bonds. The number of amides is 1. The van der Waals surface area contributed by atoms with E-state index in [1.807, 2.05) is 18.0 Å². The van der Waals surface area contributed by atoms with Crippen molar-refractivity contribution in [2.75, 3.05) is 13.6 Å². The molecule has 0 bridgehead atoms. The maximum Gasteiger partial charge on any atom is 0.225 e. The Morgan fingerprint density at radius 2 is 1.94 bits per heavy atom. The van der Waals surface area contributed by atoms with Gasteiger partial charge in [-0.25, -0.2) is 0 Å². The van der Waals surface area contributed by atoms with Crippen LogP contribution < -0.4 is 0 Å². The van der Waals surface area contributed by atoms with Gasteiger partial charge in [-0.3, -0.25) is 4.79 Å². The summed E-state index contributed by atoms with van der Waals surface area (Å²) in [6.07, 6.45) is 5.59. The molecule has 2 nitrogen and oxygen atoms in total. The number of rotatable bonds is 6. The van der Waals surface area contributed by atoms with Crippen LogP contribution in [0.4, 0.5) is 0 Å². The summed E-state index contributed by atoms with van der Waals surface area (Å²) in [6, 6.07) is 10.5. The molecular weight excluding hydrogens is 210 g/mol. The van der Waals surface area contributed by atoms with Crippen LogP contribution in [0, 0.1) is 5.92 Å². The molecule has 17 heavy (non-hydrogen) atoms. The van der Waals surface area contributed by atoms with Crippen molar-refractivity contribution in [3.63, 3.8) is 0 Å². The number of benzene rings is 1. The van der Waals surface area contributed by atoms with Gasteiger partial charge in [0.15, 0.2) is 0 Å². The van der Waals surface area contributed by atoms with E-state index in [2.05, 4.69) is 24.3 Å². The number of carbonyl (C=O) groups excluding carboxylic acids is 1. The number of aryl methyl sites for hydroxylation is 1. The van der Waals surface area contributed by atoms with Crippen LogP contribution in [0.2, 0.25) is 0 Å². The Labute approximate surface area is 104 Å². The first-order chi connectivity index (χ1) is 8.27. The van der Waals surface area contributed by atoms with Gasteiger partial charge in [-0.05, 0) is 37.7 Å². The highest BCUT2D eigenvalue weighted by atomic mass is 16.2. The lowest BCUT2D eigenvalue weighted by Crippen LogP contribution is -2.28. The molecule has 0 heterocycles. The fourth-order valence-corrected chi connectivity index (χ4v) is 2.07. The zero-order valence-electron chi connectivity index (χ0n) is 10.6. The molecule has 0 spiro atoms. The summed E-state index contributed by atoms with van der Waals surface area (Å²) in [6.45, 7) is 0.905. The maximum absolute atomic E-state index is 11.7. The Morgan fingerprint density at radius 1 is 1.24 bits per heavy atom. The van der Waals surface area contributed by atoms with Gasteiger partial charge in [0.2, 0.25) is 5.91 Å². The summed E-state index contributed by atoms with van der Waals surface area (Å²) in [5.74, 6) is 0.707. The van der Waals surface area contributed by atoms with Crippen LogP contribution >= 0.6 is 0 Å². The molecule has 0 aromatic heterocycles. The van der Waals surface area contributed by atoms with Crippen LogP contribution in [0.1, 0.15) is 31.2 Å². The van der Waals surface area contributed by atoms with Gasteiger partial charge in [0.25, 0.3) is 0 Å². The van der Waals surface area contributed by atoms with E-state index < -0.39 is 0 Å². The minimum absolute atomic E-state index is 0.352. The lowest BCUT2D eigenvalue weighted by molar-refractivity contribution is -0.131. The van der Waals surface area contributed by atoms with Crippen LogP contribution in [0.25, 0.3) is 0 Å². The molecule has 1 fully saturated rings. The van der Waals surface area contributed by atoms with Crippen molar-refractivity contribution in [3.05, 3.63) is 35.9 Å². The summed E-state index contributed by atoms with van der Waals surface area (Å²) >= 11 is 0. The van der Waals surface area contributed by atoms with E-state index in [0.717, 1.165) is 38.6 Å². The zero-order chi connectivity index (χ0) is 12.1. The van der Waals surface area contributed by atoms with Crippen molar-refractivity contribution in [1.29, 1.82) is 0 Å². The maximum atomic E-state index is 11.7. The standard InChI is InChI=1S/C15H21NO/c1-16(15(17)14-10-11-14)12-6-5-9-13-7-3-2-4-8-13/h2-4,7-8,14H,5-6,9-12H2,1H3. The highest BCUT2D eigenvalue weighted by Crippen LogP contribution is 2.30. The molecule has 0 saturated heterocycles. The smallest absolute Gasteiger partial charge is 0.225 e. The average Bonchev–Trinajstić information content (AvgIpc) is 3.19. The first-order valence-corrected chi connectivity index (χ1v) is 6.56. The third kappa shape index (κ3) is 3.88. The van der Waals surface area contributed by atoms with Gasteiger partial charge >= 0.3 is 0 Å². The van der Waals surface area contributed by atoms with E-state index >= 15 is 0 Å². The molecule has 0 unspecified atom stereocenters. The minimum atomic E-state index is 0.352. The van der Waals surface area contributed by atoms with E-state index in [1.54, 1.807) is 0 Å².